The number of benzene rings is 2. The van der Waals surface area contributed by atoms with Gasteiger partial charge in [-0.1, -0.05) is 18.2 Å². The van der Waals surface area contributed by atoms with Crippen molar-refractivity contribution < 1.29 is 19.0 Å². The average molecular weight is 480 g/mol. The van der Waals surface area contributed by atoms with Crippen LogP contribution in [-0.4, -0.2) is 56.2 Å². The molecule has 2 aromatic rings. The summed E-state index contributed by atoms with van der Waals surface area (Å²) in [6.07, 6.45) is -0.0926. The van der Waals surface area contributed by atoms with Crippen LogP contribution in [-0.2, 0) is 9.53 Å². The summed E-state index contributed by atoms with van der Waals surface area (Å²) < 4.78 is 17.8. The molecular weight excluding hydrogens is 446 g/mol. The summed E-state index contributed by atoms with van der Waals surface area (Å²) in [4.78, 5) is 15.3. The van der Waals surface area contributed by atoms with E-state index in [1.807, 2.05) is 70.2 Å². The van der Waals surface area contributed by atoms with Crippen LogP contribution < -0.4 is 19.4 Å². The number of para-hydroxylation sites is 1. The Morgan fingerprint density at radius 3 is 2.31 bits per heavy atom. The molecule has 35 heavy (non-hydrogen) atoms. The summed E-state index contributed by atoms with van der Waals surface area (Å²) in [5.41, 5.74) is 2.71. The molecule has 1 atom stereocenters. The number of amides is 1. The monoisotopic (exact) mass is 479 g/mol. The Hall–Kier alpha value is -3.46. The normalized spacial score (nSPS) is 18.7. The fourth-order valence-corrected chi connectivity index (χ4v) is 3.93. The first-order valence-electron chi connectivity index (χ1n) is 12.0. The highest BCUT2D eigenvalue weighted by Crippen LogP contribution is 2.42. The van der Waals surface area contributed by atoms with E-state index in [-0.39, 0.29) is 18.1 Å². The number of nitrogens with zero attached hydrogens (tertiary/aromatic N) is 5. The molecule has 2 aliphatic heterocycles. The Labute approximate surface area is 206 Å². The van der Waals surface area contributed by atoms with Gasteiger partial charge in [-0.15, -0.1) is 0 Å². The summed E-state index contributed by atoms with van der Waals surface area (Å²) in [5, 5.41) is 14.7. The van der Waals surface area contributed by atoms with E-state index in [1.165, 1.54) is 5.01 Å². The molecule has 0 spiro atoms. The molecule has 1 saturated heterocycles. The highest BCUT2D eigenvalue weighted by Gasteiger charge is 2.35. The molecule has 0 N–H and O–H groups in total. The van der Waals surface area contributed by atoms with Crippen molar-refractivity contribution in [1.82, 2.24) is 0 Å². The van der Waals surface area contributed by atoms with E-state index in [0.717, 1.165) is 18.8 Å². The molecule has 0 unspecified atom stereocenters. The second kappa shape index (κ2) is 10.9. The van der Waals surface area contributed by atoms with Crippen LogP contribution in [0.2, 0.25) is 0 Å². The zero-order valence-electron chi connectivity index (χ0n) is 21.0. The lowest BCUT2D eigenvalue weighted by Gasteiger charge is -2.31. The van der Waals surface area contributed by atoms with Gasteiger partial charge < -0.3 is 19.1 Å². The maximum absolute atomic E-state index is 13.1. The molecule has 0 bridgehead atoms. The van der Waals surface area contributed by atoms with E-state index in [9.17, 15) is 4.79 Å². The summed E-state index contributed by atoms with van der Waals surface area (Å²) in [6.45, 7) is 12.5. The largest absolute Gasteiger partial charge is 0.489 e. The zero-order valence-corrected chi connectivity index (χ0v) is 21.0. The SMILES string of the molecule is CC1=NN(c2ccccc2)C(=O)[C@H]1N=Nc1cc(OC(C)C)c(N2CCOCC2)cc1OC(C)C. The highest BCUT2D eigenvalue weighted by molar-refractivity contribution is 6.18. The molecule has 9 heteroatoms. The van der Waals surface area contributed by atoms with Crippen molar-refractivity contribution in [3.8, 4) is 11.5 Å². The van der Waals surface area contributed by atoms with Crippen molar-refractivity contribution in [1.29, 1.82) is 0 Å². The lowest BCUT2D eigenvalue weighted by Crippen LogP contribution is -2.36. The third-order valence-corrected chi connectivity index (χ3v) is 5.50. The van der Waals surface area contributed by atoms with Crippen LogP contribution in [0.5, 0.6) is 11.5 Å². The maximum Gasteiger partial charge on any atom is 0.280 e. The Bertz CT molecular complexity index is 1090. The standard InChI is InChI=1S/C26H33N5O4/c1-17(2)34-23-16-22(30-11-13-33-14-12-30)24(35-18(3)4)15-21(23)27-28-25-19(5)29-31(26(25)32)20-9-7-6-8-10-20/h6-10,15-18,25H,11-14H2,1-5H3/t25-/m0/s1. The first kappa shape index (κ1) is 24.7. The van der Waals surface area contributed by atoms with Gasteiger partial charge >= 0.3 is 0 Å². The summed E-state index contributed by atoms with van der Waals surface area (Å²) in [6, 6.07) is 12.3. The Morgan fingerprint density at radius 2 is 1.66 bits per heavy atom. The summed E-state index contributed by atoms with van der Waals surface area (Å²) in [7, 11) is 0. The number of rotatable bonds is 8. The number of anilines is 2. The number of carbonyl (C=O) groups is 1. The fourth-order valence-electron chi connectivity index (χ4n) is 3.93. The smallest absolute Gasteiger partial charge is 0.280 e. The number of hydrogen-bond acceptors (Lipinski definition) is 8. The Morgan fingerprint density at radius 1 is 1.00 bits per heavy atom. The molecule has 4 rings (SSSR count). The van der Waals surface area contributed by atoms with Gasteiger partial charge in [0, 0.05) is 25.2 Å². The van der Waals surface area contributed by atoms with Crippen molar-refractivity contribution in [2.45, 2.75) is 52.9 Å². The van der Waals surface area contributed by atoms with E-state index < -0.39 is 6.04 Å². The van der Waals surface area contributed by atoms with Crippen molar-refractivity contribution in [3.63, 3.8) is 0 Å². The van der Waals surface area contributed by atoms with E-state index in [1.54, 1.807) is 6.92 Å². The quantitative estimate of drug-likeness (QED) is 0.499. The minimum Gasteiger partial charge on any atom is -0.489 e. The molecular formula is C26H33N5O4. The third kappa shape index (κ3) is 5.79. The van der Waals surface area contributed by atoms with E-state index in [0.29, 0.717) is 41.8 Å². The molecule has 0 saturated carbocycles. The van der Waals surface area contributed by atoms with Crippen LogP contribution in [0.3, 0.4) is 0 Å². The molecule has 0 aliphatic carbocycles. The molecule has 1 amide bonds. The topological polar surface area (TPSA) is 88.3 Å². The van der Waals surface area contributed by atoms with Gasteiger partial charge in [-0.3, -0.25) is 4.79 Å². The highest BCUT2D eigenvalue weighted by atomic mass is 16.5. The van der Waals surface area contributed by atoms with Crippen LogP contribution in [0.25, 0.3) is 0 Å². The number of morpholine rings is 1. The molecule has 9 nitrogen and oxygen atoms in total. The molecule has 2 aliphatic rings. The predicted molar refractivity (Wildman–Crippen MR) is 136 cm³/mol. The lowest BCUT2D eigenvalue weighted by atomic mass is 10.2. The van der Waals surface area contributed by atoms with E-state index in [2.05, 4.69) is 20.2 Å². The van der Waals surface area contributed by atoms with Crippen molar-refractivity contribution in [2.24, 2.45) is 15.3 Å². The van der Waals surface area contributed by atoms with Gasteiger partial charge in [0.15, 0.2) is 6.04 Å². The molecule has 1 fully saturated rings. The zero-order chi connectivity index (χ0) is 24.9. The predicted octanol–water partition coefficient (Wildman–Crippen LogP) is 4.97. The number of ether oxygens (including phenoxy) is 3. The van der Waals surface area contributed by atoms with Crippen LogP contribution in [0.1, 0.15) is 34.6 Å². The lowest BCUT2D eigenvalue weighted by molar-refractivity contribution is -0.117. The number of azo groups is 1. The molecule has 2 aromatic carbocycles. The van der Waals surface area contributed by atoms with E-state index >= 15 is 0 Å². The molecule has 2 heterocycles. The summed E-state index contributed by atoms with van der Waals surface area (Å²) in [5.74, 6) is 1.04. The summed E-state index contributed by atoms with van der Waals surface area (Å²) >= 11 is 0. The van der Waals surface area contributed by atoms with Crippen molar-refractivity contribution in [2.75, 3.05) is 36.2 Å². The van der Waals surface area contributed by atoms with Gasteiger partial charge in [0.25, 0.3) is 5.91 Å². The number of hydrogen-bond donors (Lipinski definition) is 0. The second-order valence-corrected chi connectivity index (χ2v) is 9.07. The van der Waals surface area contributed by atoms with E-state index in [4.69, 9.17) is 14.2 Å². The Kier molecular flexibility index (Phi) is 7.65. The second-order valence-electron chi connectivity index (χ2n) is 9.07. The molecule has 0 radical (unpaired) electrons. The average Bonchev–Trinajstić information content (AvgIpc) is 3.12. The molecule has 0 aromatic heterocycles. The molecule has 186 valence electrons. The van der Waals surface area contributed by atoms with Crippen LogP contribution in [0, 0.1) is 0 Å². The Balaban J connectivity index is 1.67. The van der Waals surface area contributed by atoms with Gasteiger partial charge in [0.05, 0.1) is 42.5 Å². The van der Waals surface area contributed by atoms with Crippen LogP contribution in [0.15, 0.2) is 57.8 Å². The van der Waals surface area contributed by atoms with Crippen molar-refractivity contribution >= 4 is 28.7 Å². The van der Waals surface area contributed by atoms with Gasteiger partial charge in [0.1, 0.15) is 17.2 Å². The fraction of sp³-hybridized carbons (Fsp3) is 0.462. The first-order valence-corrected chi connectivity index (χ1v) is 12.0. The minimum atomic E-state index is -0.796. The van der Waals surface area contributed by atoms with Gasteiger partial charge in [-0.25, -0.2) is 0 Å². The first-order chi connectivity index (χ1) is 16.8. The van der Waals surface area contributed by atoms with Gasteiger partial charge in [-0.2, -0.15) is 20.3 Å². The van der Waals surface area contributed by atoms with Gasteiger partial charge in [-0.05, 0) is 46.8 Å². The van der Waals surface area contributed by atoms with Crippen LogP contribution in [0.4, 0.5) is 17.1 Å². The minimum absolute atomic E-state index is 0.0262. The van der Waals surface area contributed by atoms with Gasteiger partial charge in [0.2, 0.25) is 0 Å². The number of carbonyl (C=O) groups excluding carboxylic acids is 1. The van der Waals surface area contributed by atoms with Crippen LogP contribution >= 0.6 is 0 Å². The maximum atomic E-state index is 13.1. The van der Waals surface area contributed by atoms with Crippen molar-refractivity contribution in [3.05, 3.63) is 42.5 Å². The number of hydrazone groups is 1. The third-order valence-electron chi connectivity index (χ3n) is 5.50.